The van der Waals surface area contributed by atoms with E-state index >= 15 is 0 Å². The first-order valence-electron chi connectivity index (χ1n) is 12.9. The molecule has 8 heteroatoms. The number of nitrogens with zero attached hydrogens (tertiary/aromatic N) is 3. The fourth-order valence-electron chi connectivity index (χ4n) is 4.80. The van der Waals surface area contributed by atoms with Gasteiger partial charge in [0.1, 0.15) is 16.9 Å². The summed E-state index contributed by atoms with van der Waals surface area (Å²) in [5.74, 6) is -0.457. The van der Waals surface area contributed by atoms with Crippen molar-refractivity contribution in [1.29, 1.82) is 0 Å². The minimum absolute atomic E-state index is 0.151. The maximum absolute atomic E-state index is 13.6. The van der Waals surface area contributed by atoms with Crippen LogP contribution < -0.4 is 4.90 Å². The Kier molecular flexibility index (Phi) is 7.42. The second kappa shape index (κ2) is 11.1. The third-order valence-electron chi connectivity index (χ3n) is 6.58. The lowest BCUT2D eigenvalue weighted by molar-refractivity contribution is 0.0482. The van der Waals surface area contributed by atoms with E-state index in [-0.39, 0.29) is 24.3 Å². The first-order chi connectivity index (χ1) is 18.5. The summed E-state index contributed by atoms with van der Waals surface area (Å²) in [4.78, 5) is 29.3. The largest absolute Gasteiger partial charge is 0.462 e. The van der Waals surface area contributed by atoms with Gasteiger partial charge < -0.3 is 19.1 Å². The molecule has 0 atom stereocenters. The molecule has 0 N–H and O–H groups in total. The highest BCUT2D eigenvalue weighted by atomic mass is 16.5. The number of hydrogen-bond acceptors (Lipinski definition) is 7. The molecule has 0 saturated carbocycles. The normalized spacial score (nSPS) is 13.5. The van der Waals surface area contributed by atoms with Gasteiger partial charge in [0.25, 0.3) is 0 Å². The van der Waals surface area contributed by atoms with Crippen LogP contribution in [0.1, 0.15) is 40.1 Å². The van der Waals surface area contributed by atoms with Crippen molar-refractivity contribution in [2.75, 3.05) is 44.4 Å². The summed E-state index contributed by atoms with van der Waals surface area (Å²) >= 11 is 0. The summed E-state index contributed by atoms with van der Waals surface area (Å²) in [5, 5.41) is 5.02. The number of ether oxygens (including phenoxy) is 3. The quantitative estimate of drug-likeness (QED) is 0.316. The zero-order chi connectivity index (χ0) is 26.6. The Hall–Kier alpha value is -4.17. The van der Waals surface area contributed by atoms with Crippen molar-refractivity contribution in [2.45, 2.75) is 20.8 Å². The third kappa shape index (κ3) is 4.75. The number of carbonyl (C=O) groups excluding carboxylic acids is 2. The Morgan fingerprint density at radius 1 is 0.868 bits per heavy atom. The van der Waals surface area contributed by atoms with E-state index in [2.05, 4.69) is 4.90 Å². The van der Waals surface area contributed by atoms with Gasteiger partial charge in [0, 0.05) is 24.2 Å². The topological polar surface area (TPSA) is 82.4 Å². The van der Waals surface area contributed by atoms with E-state index in [1.165, 1.54) is 0 Å². The van der Waals surface area contributed by atoms with Gasteiger partial charge in [-0.15, -0.1) is 5.10 Å². The number of aryl methyl sites for hydroxylation is 1. The highest BCUT2D eigenvalue weighted by Crippen LogP contribution is 2.39. The molecule has 3 heterocycles. The molecule has 8 nitrogen and oxygen atoms in total. The number of fused-ring (bicyclic) bond motifs is 1. The van der Waals surface area contributed by atoms with Crippen molar-refractivity contribution in [1.82, 2.24) is 9.61 Å². The SMILES string of the molecule is CCOC(=O)c1c(C(=O)OCC)c2c(-c3ccccc3)cc(N3CCOCC3)nn2c1-c1ccc(C)cc1. The second-order valence-corrected chi connectivity index (χ2v) is 9.05. The van der Waals surface area contributed by atoms with Crippen LogP contribution in [0.5, 0.6) is 0 Å². The van der Waals surface area contributed by atoms with Crippen LogP contribution in [0.2, 0.25) is 0 Å². The summed E-state index contributed by atoms with van der Waals surface area (Å²) in [6.45, 7) is 8.38. The number of morpholine rings is 1. The molecule has 1 fully saturated rings. The van der Waals surface area contributed by atoms with E-state index in [9.17, 15) is 9.59 Å². The Balaban J connectivity index is 1.93. The lowest BCUT2D eigenvalue weighted by atomic mass is 10.00. The van der Waals surface area contributed by atoms with Crippen LogP contribution in [0, 0.1) is 6.92 Å². The monoisotopic (exact) mass is 513 g/mol. The first-order valence-corrected chi connectivity index (χ1v) is 12.9. The highest BCUT2D eigenvalue weighted by molar-refractivity contribution is 6.15. The summed E-state index contributed by atoms with van der Waals surface area (Å²) in [7, 11) is 0. The van der Waals surface area contributed by atoms with Crippen LogP contribution in [0.3, 0.4) is 0 Å². The van der Waals surface area contributed by atoms with Crippen LogP contribution in [0.15, 0.2) is 60.7 Å². The van der Waals surface area contributed by atoms with E-state index in [4.69, 9.17) is 19.3 Å². The highest BCUT2D eigenvalue weighted by Gasteiger charge is 2.34. The standard InChI is InChI=1S/C30H31N3O5/c1-4-37-29(34)25-26(30(35)38-5-2)28-23(21-9-7-6-8-10-21)19-24(32-15-17-36-18-16-32)31-33(28)27(25)22-13-11-20(3)12-14-22/h6-14,19H,4-5,15-18H2,1-3H3. The minimum Gasteiger partial charge on any atom is -0.462 e. The van der Waals surface area contributed by atoms with E-state index in [0.29, 0.717) is 37.5 Å². The Bertz CT molecular complexity index is 1460. The average Bonchev–Trinajstić information content (AvgIpc) is 3.30. The summed E-state index contributed by atoms with van der Waals surface area (Å²) < 4.78 is 18.3. The molecule has 1 saturated heterocycles. The maximum Gasteiger partial charge on any atom is 0.341 e. The van der Waals surface area contributed by atoms with Gasteiger partial charge in [-0.2, -0.15) is 0 Å². The van der Waals surface area contributed by atoms with Gasteiger partial charge in [0.05, 0.1) is 37.6 Å². The van der Waals surface area contributed by atoms with Crippen LogP contribution >= 0.6 is 0 Å². The van der Waals surface area contributed by atoms with Crippen LogP contribution in [0.4, 0.5) is 5.82 Å². The van der Waals surface area contributed by atoms with Gasteiger partial charge in [0.15, 0.2) is 0 Å². The van der Waals surface area contributed by atoms with E-state index in [1.54, 1.807) is 18.4 Å². The van der Waals surface area contributed by atoms with Gasteiger partial charge in [-0.3, -0.25) is 0 Å². The third-order valence-corrected chi connectivity index (χ3v) is 6.58. The van der Waals surface area contributed by atoms with Crippen molar-refractivity contribution in [2.24, 2.45) is 0 Å². The van der Waals surface area contributed by atoms with E-state index in [1.807, 2.05) is 67.6 Å². The Morgan fingerprint density at radius 2 is 1.50 bits per heavy atom. The number of rotatable bonds is 7. The molecule has 0 spiro atoms. The second-order valence-electron chi connectivity index (χ2n) is 9.05. The van der Waals surface area contributed by atoms with Crippen molar-refractivity contribution < 1.29 is 23.8 Å². The van der Waals surface area contributed by atoms with Gasteiger partial charge in [-0.25, -0.2) is 14.1 Å². The lowest BCUT2D eigenvalue weighted by Gasteiger charge is -2.28. The zero-order valence-corrected chi connectivity index (χ0v) is 21.9. The molecule has 0 aliphatic carbocycles. The number of benzene rings is 2. The molecular formula is C30H31N3O5. The fraction of sp³-hybridized carbons (Fsp3) is 0.300. The minimum atomic E-state index is -0.594. The summed E-state index contributed by atoms with van der Waals surface area (Å²) in [6.07, 6.45) is 0. The number of hydrogen-bond donors (Lipinski definition) is 0. The molecule has 2 aromatic carbocycles. The van der Waals surface area contributed by atoms with Crippen LogP contribution in [-0.2, 0) is 14.2 Å². The molecule has 5 rings (SSSR count). The summed E-state index contributed by atoms with van der Waals surface area (Å²) in [6, 6.07) is 19.6. The molecule has 0 amide bonds. The molecule has 1 aliphatic heterocycles. The number of esters is 2. The Labute approximate surface area is 221 Å². The van der Waals surface area contributed by atoms with Crippen molar-refractivity contribution >= 4 is 23.3 Å². The number of aromatic nitrogens is 2. The van der Waals surface area contributed by atoms with Crippen LogP contribution in [0.25, 0.3) is 27.9 Å². The smallest absolute Gasteiger partial charge is 0.341 e. The lowest BCUT2D eigenvalue weighted by Crippen LogP contribution is -2.37. The predicted molar refractivity (Wildman–Crippen MR) is 146 cm³/mol. The number of anilines is 1. The molecule has 196 valence electrons. The molecule has 0 unspecified atom stereocenters. The van der Waals surface area contributed by atoms with Crippen molar-refractivity contribution in [3.05, 3.63) is 77.4 Å². The van der Waals surface area contributed by atoms with Gasteiger partial charge in [-0.05, 0) is 32.4 Å². The number of carbonyl (C=O) groups is 2. The molecule has 2 aromatic heterocycles. The van der Waals surface area contributed by atoms with E-state index in [0.717, 1.165) is 28.1 Å². The molecular weight excluding hydrogens is 482 g/mol. The van der Waals surface area contributed by atoms with Gasteiger partial charge in [-0.1, -0.05) is 60.2 Å². The molecule has 38 heavy (non-hydrogen) atoms. The molecule has 0 bridgehead atoms. The summed E-state index contributed by atoms with van der Waals surface area (Å²) in [5.41, 5.74) is 4.79. The molecule has 4 aromatic rings. The maximum atomic E-state index is 13.6. The first kappa shape index (κ1) is 25.5. The van der Waals surface area contributed by atoms with Crippen LogP contribution in [-0.4, -0.2) is 61.1 Å². The van der Waals surface area contributed by atoms with Crippen molar-refractivity contribution in [3.63, 3.8) is 0 Å². The predicted octanol–water partition coefficient (Wildman–Crippen LogP) is 5.17. The molecule has 0 radical (unpaired) electrons. The van der Waals surface area contributed by atoms with E-state index < -0.39 is 11.9 Å². The van der Waals surface area contributed by atoms with Crippen molar-refractivity contribution in [3.8, 4) is 22.4 Å². The Morgan fingerprint density at radius 3 is 2.13 bits per heavy atom. The fourth-order valence-corrected chi connectivity index (χ4v) is 4.80. The van der Waals surface area contributed by atoms with Gasteiger partial charge >= 0.3 is 11.9 Å². The van der Waals surface area contributed by atoms with Gasteiger partial charge in [0.2, 0.25) is 0 Å². The average molecular weight is 514 g/mol. The zero-order valence-electron chi connectivity index (χ0n) is 21.9. The molecule has 1 aliphatic rings.